The van der Waals surface area contributed by atoms with Gasteiger partial charge in [-0.25, -0.2) is 4.98 Å². The maximum atomic E-state index is 6.41. The molecule has 0 aliphatic carbocycles. The first-order chi connectivity index (χ1) is 14.5. The Morgan fingerprint density at radius 2 is 1.80 bits per heavy atom. The van der Waals surface area contributed by atoms with Crippen molar-refractivity contribution in [1.82, 2.24) is 9.38 Å². The number of benzene rings is 2. The van der Waals surface area contributed by atoms with E-state index in [1.54, 1.807) is 7.11 Å². The van der Waals surface area contributed by atoms with Crippen molar-refractivity contribution in [2.75, 3.05) is 7.11 Å². The number of ether oxygens (including phenoxy) is 1. The molecule has 0 bridgehead atoms. The fourth-order valence-electron chi connectivity index (χ4n) is 3.84. The maximum absolute atomic E-state index is 6.41. The Hall–Kier alpha value is -2.76. The van der Waals surface area contributed by atoms with Crippen molar-refractivity contribution in [3.8, 4) is 28.3 Å². The SMILES string of the molecule is COc1ccc(-c2oc3ccc(C)cc3c2-c2ccc(Cl)cc2)c2nc(C)c(Br)n12. The van der Waals surface area contributed by atoms with E-state index in [2.05, 4.69) is 35.0 Å². The van der Waals surface area contributed by atoms with E-state index in [1.807, 2.05) is 53.8 Å². The van der Waals surface area contributed by atoms with Crippen molar-refractivity contribution in [3.63, 3.8) is 0 Å². The zero-order valence-electron chi connectivity index (χ0n) is 16.7. The average Bonchev–Trinajstić information content (AvgIpc) is 3.25. The number of rotatable bonds is 3. The van der Waals surface area contributed by atoms with Crippen molar-refractivity contribution in [2.45, 2.75) is 13.8 Å². The van der Waals surface area contributed by atoms with Gasteiger partial charge in [0, 0.05) is 16.0 Å². The largest absolute Gasteiger partial charge is 0.482 e. The number of hydrogen-bond donors (Lipinski definition) is 0. The summed E-state index contributed by atoms with van der Waals surface area (Å²) in [7, 11) is 1.65. The molecule has 0 aliphatic rings. The number of halogens is 2. The number of hydrogen-bond acceptors (Lipinski definition) is 3. The van der Waals surface area contributed by atoms with Crippen LogP contribution in [0.1, 0.15) is 11.3 Å². The quantitative estimate of drug-likeness (QED) is 0.268. The van der Waals surface area contributed by atoms with E-state index >= 15 is 0 Å². The number of aromatic nitrogens is 2. The summed E-state index contributed by atoms with van der Waals surface area (Å²) in [5.74, 6) is 1.46. The van der Waals surface area contributed by atoms with Crippen LogP contribution in [0.25, 0.3) is 39.1 Å². The highest BCUT2D eigenvalue weighted by Gasteiger charge is 2.23. The van der Waals surface area contributed by atoms with Crippen LogP contribution in [0.15, 0.2) is 63.6 Å². The highest BCUT2D eigenvalue weighted by atomic mass is 79.9. The normalized spacial score (nSPS) is 11.5. The minimum atomic E-state index is 0.696. The van der Waals surface area contributed by atoms with Gasteiger partial charge in [-0.3, -0.25) is 4.40 Å². The molecule has 30 heavy (non-hydrogen) atoms. The molecular weight excluding hydrogens is 464 g/mol. The van der Waals surface area contributed by atoms with E-state index in [9.17, 15) is 0 Å². The minimum absolute atomic E-state index is 0.696. The molecule has 0 N–H and O–H groups in total. The van der Waals surface area contributed by atoms with Gasteiger partial charge in [-0.1, -0.05) is 35.4 Å². The second kappa shape index (κ2) is 7.18. The van der Waals surface area contributed by atoms with Crippen LogP contribution < -0.4 is 4.74 Å². The van der Waals surface area contributed by atoms with Crippen LogP contribution in [0.5, 0.6) is 5.88 Å². The predicted octanol–water partition coefficient (Wildman–Crippen LogP) is 7.46. The molecule has 5 rings (SSSR count). The van der Waals surface area contributed by atoms with E-state index < -0.39 is 0 Å². The second-order valence-electron chi connectivity index (χ2n) is 7.25. The molecule has 0 saturated heterocycles. The zero-order chi connectivity index (χ0) is 21.0. The number of fused-ring (bicyclic) bond motifs is 2. The van der Waals surface area contributed by atoms with E-state index in [0.29, 0.717) is 10.9 Å². The highest BCUT2D eigenvalue weighted by molar-refractivity contribution is 9.10. The third-order valence-corrected chi connectivity index (χ3v) is 6.44. The summed E-state index contributed by atoms with van der Waals surface area (Å²) in [4.78, 5) is 4.79. The van der Waals surface area contributed by atoms with Gasteiger partial charge < -0.3 is 9.15 Å². The first-order valence-corrected chi connectivity index (χ1v) is 10.7. The summed E-state index contributed by atoms with van der Waals surface area (Å²) in [6, 6.07) is 18.0. The molecule has 5 aromatic rings. The van der Waals surface area contributed by atoms with Gasteiger partial charge in [-0.15, -0.1) is 0 Å². The van der Waals surface area contributed by atoms with Gasteiger partial charge in [0.05, 0.1) is 18.4 Å². The number of imidazole rings is 1. The van der Waals surface area contributed by atoms with Gasteiger partial charge in [-0.2, -0.15) is 0 Å². The van der Waals surface area contributed by atoms with E-state index in [0.717, 1.165) is 49.4 Å². The first kappa shape index (κ1) is 19.2. The number of nitrogens with zero attached hydrogens (tertiary/aromatic N) is 2. The fourth-order valence-corrected chi connectivity index (χ4v) is 4.39. The molecule has 2 aromatic carbocycles. The van der Waals surface area contributed by atoms with Crippen LogP contribution >= 0.6 is 27.5 Å². The topological polar surface area (TPSA) is 39.7 Å². The van der Waals surface area contributed by atoms with E-state index in [4.69, 9.17) is 25.7 Å². The molecule has 0 saturated carbocycles. The molecule has 0 spiro atoms. The first-order valence-electron chi connectivity index (χ1n) is 9.49. The standard InChI is InChI=1S/C24H18BrClN2O2/c1-13-4-10-19-18(12-13)21(15-5-7-16(26)8-6-15)22(30-19)17-9-11-20(29-3)28-23(25)14(2)27-24(17)28/h4-12H,1-3H3. The monoisotopic (exact) mass is 480 g/mol. The molecule has 150 valence electrons. The summed E-state index contributed by atoms with van der Waals surface area (Å²) in [5.41, 5.74) is 6.60. The lowest BCUT2D eigenvalue weighted by Gasteiger charge is -2.09. The van der Waals surface area contributed by atoms with Crippen molar-refractivity contribution < 1.29 is 9.15 Å². The van der Waals surface area contributed by atoms with Gasteiger partial charge in [-0.05, 0) is 71.7 Å². The molecule has 0 aliphatic heterocycles. The van der Waals surface area contributed by atoms with Crippen LogP contribution in [0.3, 0.4) is 0 Å². The summed E-state index contributed by atoms with van der Waals surface area (Å²) in [5, 5.41) is 1.76. The molecule has 0 atom stereocenters. The van der Waals surface area contributed by atoms with Crippen LogP contribution in [-0.2, 0) is 0 Å². The van der Waals surface area contributed by atoms with Crippen molar-refractivity contribution in [2.24, 2.45) is 0 Å². The lowest BCUT2D eigenvalue weighted by Crippen LogP contribution is -1.96. The Balaban J connectivity index is 1.89. The van der Waals surface area contributed by atoms with Crippen molar-refractivity contribution in [3.05, 3.63) is 75.5 Å². The Morgan fingerprint density at radius 1 is 1.03 bits per heavy atom. The van der Waals surface area contributed by atoms with Gasteiger partial charge in [0.2, 0.25) is 0 Å². The number of aryl methyl sites for hydroxylation is 2. The number of furan rings is 1. The lowest BCUT2D eigenvalue weighted by molar-refractivity contribution is 0.391. The summed E-state index contributed by atoms with van der Waals surface area (Å²) in [6.07, 6.45) is 0. The second-order valence-corrected chi connectivity index (χ2v) is 8.44. The number of pyridine rings is 1. The molecule has 4 nitrogen and oxygen atoms in total. The molecule has 0 unspecified atom stereocenters. The third kappa shape index (κ3) is 2.92. The van der Waals surface area contributed by atoms with Gasteiger partial charge in [0.15, 0.2) is 11.5 Å². The van der Waals surface area contributed by atoms with E-state index in [1.165, 1.54) is 5.56 Å². The Kier molecular flexibility index (Phi) is 4.60. The van der Waals surface area contributed by atoms with Gasteiger partial charge >= 0.3 is 0 Å². The van der Waals surface area contributed by atoms with Crippen LogP contribution in [0, 0.1) is 13.8 Å². The molecular formula is C24H18BrClN2O2. The third-order valence-electron chi connectivity index (χ3n) is 5.26. The highest BCUT2D eigenvalue weighted by Crippen LogP contribution is 2.43. The van der Waals surface area contributed by atoms with Gasteiger partial charge in [0.1, 0.15) is 15.9 Å². The molecule has 0 fully saturated rings. The Bertz CT molecular complexity index is 1420. The molecule has 0 amide bonds. The smallest absolute Gasteiger partial charge is 0.199 e. The average molecular weight is 482 g/mol. The fraction of sp³-hybridized carbons (Fsp3) is 0.125. The van der Waals surface area contributed by atoms with Crippen molar-refractivity contribution >= 4 is 44.1 Å². The molecule has 0 radical (unpaired) electrons. The molecule has 3 heterocycles. The van der Waals surface area contributed by atoms with Gasteiger partial charge in [0.25, 0.3) is 0 Å². The maximum Gasteiger partial charge on any atom is 0.199 e. The molecule has 6 heteroatoms. The minimum Gasteiger partial charge on any atom is -0.482 e. The predicted molar refractivity (Wildman–Crippen MR) is 125 cm³/mol. The Labute approximate surface area is 187 Å². The summed E-state index contributed by atoms with van der Waals surface area (Å²) < 4.78 is 14.8. The summed E-state index contributed by atoms with van der Waals surface area (Å²) >= 11 is 9.79. The number of methoxy groups -OCH3 is 1. The zero-order valence-corrected chi connectivity index (χ0v) is 19.0. The lowest BCUT2D eigenvalue weighted by atomic mass is 9.98. The van der Waals surface area contributed by atoms with Crippen LogP contribution in [0.4, 0.5) is 0 Å². The van der Waals surface area contributed by atoms with Crippen LogP contribution in [-0.4, -0.2) is 16.5 Å². The van der Waals surface area contributed by atoms with Crippen LogP contribution in [0.2, 0.25) is 5.02 Å². The van der Waals surface area contributed by atoms with Crippen molar-refractivity contribution in [1.29, 1.82) is 0 Å². The Morgan fingerprint density at radius 3 is 2.53 bits per heavy atom. The molecule has 3 aromatic heterocycles. The van der Waals surface area contributed by atoms with E-state index in [-0.39, 0.29) is 0 Å². The summed E-state index contributed by atoms with van der Waals surface area (Å²) in [6.45, 7) is 4.04.